The molecule has 0 saturated carbocycles. The highest BCUT2D eigenvalue weighted by atomic mass is 35.5. The molecule has 0 saturated heterocycles. The zero-order valence-electron chi connectivity index (χ0n) is 22.2. The fraction of sp³-hybridized carbons (Fsp3) is 0.233. The summed E-state index contributed by atoms with van der Waals surface area (Å²) in [7, 11) is 1.78. The van der Waals surface area contributed by atoms with E-state index in [4.69, 9.17) is 16.1 Å². The van der Waals surface area contributed by atoms with E-state index in [1.54, 1.807) is 17.7 Å². The van der Waals surface area contributed by atoms with Crippen molar-refractivity contribution in [3.05, 3.63) is 92.2 Å². The Hall–Kier alpha value is -3.90. The molecule has 0 fully saturated rings. The van der Waals surface area contributed by atoms with E-state index >= 15 is 0 Å². The summed E-state index contributed by atoms with van der Waals surface area (Å²) in [5.74, 6) is 0.619. The van der Waals surface area contributed by atoms with Crippen molar-refractivity contribution in [2.45, 2.75) is 41.0 Å². The van der Waals surface area contributed by atoms with E-state index in [1.165, 1.54) is 6.42 Å². The number of pyridine rings is 1. The van der Waals surface area contributed by atoms with Crippen LogP contribution in [0.25, 0.3) is 34.7 Å². The van der Waals surface area contributed by atoms with Gasteiger partial charge in [0.05, 0.1) is 15.9 Å². The van der Waals surface area contributed by atoms with Gasteiger partial charge in [-0.05, 0) is 78.7 Å². The summed E-state index contributed by atoms with van der Waals surface area (Å²) in [5.41, 5.74) is 4.60. The largest absolute Gasteiger partial charge is 0.332 e. The summed E-state index contributed by atoms with van der Waals surface area (Å²) in [6.45, 7) is 14.0. The number of benzene rings is 2. The molecule has 0 bridgehead atoms. The van der Waals surface area contributed by atoms with Gasteiger partial charge in [-0.25, -0.2) is 0 Å². The number of rotatable bonds is 5. The average molecular weight is 517 g/mol. The fourth-order valence-corrected chi connectivity index (χ4v) is 3.97. The monoisotopic (exact) mass is 516 g/mol. The van der Waals surface area contributed by atoms with Gasteiger partial charge in [-0.3, -0.25) is 4.79 Å². The molecule has 0 unspecified atom stereocenters. The van der Waals surface area contributed by atoms with E-state index in [0.717, 1.165) is 33.0 Å². The molecule has 0 amide bonds. The number of hydrogen-bond acceptors (Lipinski definition) is 5. The Morgan fingerprint density at radius 2 is 1.84 bits per heavy atom. The first-order chi connectivity index (χ1) is 17.7. The molecule has 0 aliphatic rings. The number of hydrogen-bond donors (Lipinski definition) is 1. The lowest BCUT2D eigenvalue weighted by atomic mass is 10.00. The predicted molar refractivity (Wildman–Crippen MR) is 155 cm³/mol. The molecule has 0 aliphatic carbocycles. The summed E-state index contributed by atoms with van der Waals surface area (Å²) in [6.07, 6.45) is 5.16. The van der Waals surface area contributed by atoms with E-state index in [-0.39, 0.29) is 5.56 Å². The van der Waals surface area contributed by atoms with Gasteiger partial charge in [-0.2, -0.15) is 4.98 Å². The van der Waals surface area contributed by atoms with Crippen molar-refractivity contribution >= 4 is 35.4 Å². The minimum atomic E-state index is -0.0843. The number of allylic oxidation sites excluding steroid dienone is 1. The molecule has 2 aromatic carbocycles. The van der Waals surface area contributed by atoms with Crippen molar-refractivity contribution in [1.82, 2.24) is 14.7 Å². The number of halogens is 1. The second kappa shape index (κ2) is 12.4. The van der Waals surface area contributed by atoms with E-state index < -0.39 is 0 Å². The maximum absolute atomic E-state index is 13.3. The molecule has 7 heteroatoms. The zero-order chi connectivity index (χ0) is 27.1. The van der Waals surface area contributed by atoms with Gasteiger partial charge in [0, 0.05) is 18.3 Å². The van der Waals surface area contributed by atoms with Gasteiger partial charge in [0.25, 0.3) is 17.4 Å². The highest BCUT2D eigenvalue weighted by Gasteiger charge is 2.14. The third-order valence-corrected chi connectivity index (χ3v) is 5.83. The van der Waals surface area contributed by atoms with Crippen LogP contribution in [0.3, 0.4) is 0 Å². The maximum Gasteiger partial charge on any atom is 0.268 e. The number of aromatic nitrogens is 3. The first-order valence-electron chi connectivity index (χ1n) is 12.2. The molecule has 4 aromatic rings. The standard InChI is InChI=1S/C27H25ClN4O2.C3H8/c1-6-18-14-22(26(33)32(5)24(18)13-16(2)3)21-15-19(12-11-17(21)4)29-27-30-25(34-31-27)20-9-7-8-10-23(20)28;1-3-2/h6-15H,2H2,1,3-5H3,(H,29,31);3H2,1-2H3/b18-6-,24-13+;. The van der Waals surface area contributed by atoms with Crippen molar-refractivity contribution in [2.75, 3.05) is 5.32 Å². The Morgan fingerprint density at radius 1 is 1.14 bits per heavy atom. The van der Waals surface area contributed by atoms with Gasteiger partial charge < -0.3 is 14.4 Å². The molecule has 0 spiro atoms. The molecule has 6 nitrogen and oxygen atoms in total. The Bertz CT molecular complexity index is 1600. The van der Waals surface area contributed by atoms with Crippen LogP contribution in [-0.2, 0) is 7.05 Å². The second-order valence-corrected chi connectivity index (χ2v) is 9.21. The highest BCUT2D eigenvalue weighted by molar-refractivity contribution is 6.33. The molecule has 1 N–H and O–H groups in total. The van der Waals surface area contributed by atoms with Crippen LogP contribution in [0.5, 0.6) is 0 Å². The second-order valence-electron chi connectivity index (χ2n) is 8.81. The summed E-state index contributed by atoms with van der Waals surface area (Å²) < 4.78 is 7.04. The van der Waals surface area contributed by atoms with Gasteiger partial charge >= 0.3 is 0 Å². The van der Waals surface area contributed by atoms with Crippen LogP contribution in [0, 0.1) is 6.92 Å². The summed E-state index contributed by atoms with van der Waals surface area (Å²) in [4.78, 5) is 17.7. The Balaban J connectivity index is 0.00000121. The van der Waals surface area contributed by atoms with Crippen LogP contribution < -0.4 is 21.4 Å². The smallest absolute Gasteiger partial charge is 0.268 e. The molecular weight excluding hydrogens is 484 g/mol. The number of nitrogens with zero attached hydrogens (tertiary/aromatic N) is 3. The van der Waals surface area contributed by atoms with Crippen LogP contribution in [0.1, 0.15) is 39.7 Å². The Labute approximate surface area is 222 Å². The van der Waals surface area contributed by atoms with Crippen molar-refractivity contribution in [3.8, 4) is 22.6 Å². The third-order valence-electron chi connectivity index (χ3n) is 5.50. The lowest BCUT2D eigenvalue weighted by molar-refractivity contribution is 0.433. The van der Waals surface area contributed by atoms with Crippen LogP contribution in [0.4, 0.5) is 11.6 Å². The topological polar surface area (TPSA) is 73.0 Å². The van der Waals surface area contributed by atoms with Crippen molar-refractivity contribution in [3.63, 3.8) is 0 Å². The van der Waals surface area contributed by atoms with Crippen LogP contribution in [0.2, 0.25) is 5.02 Å². The maximum atomic E-state index is 13.3. The molecule has 0 atom stereocenters. The van der Waals surface area contributed by atoms with Gasteiger partial charge in [-0.1, -0.05) is 68.3 Å². The number of anilines is 2. The lowest BCUT2D eigenvalue weighted by Crippen LogP contribution is -2.42. The zero-order valence-corrected chi connectivity index (χ0v) is 23.0. The van der Waals surface area contributed by atoms with Crippen molar-refractivity contribution < 1.29 is 4.52 Å². The van der Waals surface area contributed by atoms with Gasteiger partial charge in [-0.15, -0.1) is 0 Å². The molecule has 2 heterocycles. The van der Waals surface area contributed by atoms with E-state index in [0.29, 0.717) is 28.0 Å². The molecule has 0 radical (unpaired) electrons. The predicted octanol–water partition coefficient (Wildman–Crippen LogP) is 6.38. The van der Waals surface area contributed by atoms with Crippen LogP contribution in [0.15, 0.2) is 70.0 Å². The first kappa shape index (κ1) is 27.7. The van der Waals surface area contributed by atoms with Crippen LogP contribution >= 0.6 is 11.6 Å². The van der Waals surface area contributed by atoms with E-state index in [2.05, 4.69) is 35.9 Å². The fourth-order valence-electron chi connectivity index (χ4n) is 3.75. The minimum absolute atomic E-state index is 0.0843. The minimum Gasteiger partial charge on any atom is -0.332 e. The number of aryl methyl sites for hydroxylation is 1. The van der Waals surface area contributed by atoms with Crippen molar-refractivity contribution in [2.24, 2.45) is 7.05 Å². The first-order valence-corrected chi connectivity index (χ1v) is 12.6. The Morgan fingerprint density at radius 3 is 2.49 bits per heavy atom. The summed E-state index contributed by atoms with van der Waals surface area (Å²) in [6, 6.07) is 15.0. The third kappa shape index (κ3) is 6.46. The highest BCUT2D eigenvalue weighted by Crippen LogP contribution is 2.28. The van der Waals surface area contributed by atoms with Crippen molar-refractivity contribution in [1.29, 1.82) is 0 Å². The van der Waals surface area contributed by atoms with E-state index in [1.807, 2.05) is 75.4 Å². The summed E-state index contributed by atoms with van der Waals surface area (Å²) >= 11 is 6.24. The van der Waals surface area contributed by atoms with Crippen LogP contribution in [-0.4, -0.2) is 14.7 Å². The molecule has 37 heavy (non-hydrogen) atoms. The van der Waals surface area contributed by atoms with E-state index in [9.17, 15) is 4.79 Å². The average Bonchev–Trinajstić information content (AvgIpc) is 3.32. The van der Waals surface area contributed by atoms with Gasteiger partial charge in [0.15, 0.2) is 0 Å². The molecule has 4 rings (SSSR count). The van der Waals surface area contributed by atoms with Gasteiger partial charge in [0.2, 0.25) is 0 Å². The SMILES string of the molecule is C=C(C)/C=c1\c(=C/C)cc(-c2cc(Nc3noc(-c4ccccc4Cl)n3)ccc2C)c(=O)n1C.CCC. The number of nitrogens with one attached hydrogen (secondary N) is 1. The quantitative estimate of drug-likeness (QED) is 0.333. The molecule has 0 aliphatic heterocycles. The summed E-state index contributed by atoms with van der Waals surface area (Å²) in [5, 5.41) is 9.49. The lowest BCUT2D eigenvalue weighted by Gasteiger charge is -2.11. The van der Waals surface area contributed by atoms with Gasteiger partial charge in [0.1, 0.15) is 0 Å². The molecule has 192 valence electrons. The Kier molecular flexibility index (Phi) is 9.25. The molecular formula is C30H33ClN4O2. The normalized spacial score (nSPS) is 11.8. The molecule has 2 aromatic heterocycles.